The molecule has 0 atom stereocenters. The minimum absolute atomic E-state index is 0.113. The molecule has 0 bridgehead atoms. The summed E-state index contributed by atoms with van der Waals surface area (Å²) in [5.41, 5.74) is 0.876. The summed E-state index contributed by atoms with van der Waals surface area (Å²) in [6.07, 6.45) is 1.59. The Kier molecular flexibility index (Phi) is 2.81. The highest BCUT2D eigenvalue weighted by Gasteiger charge is 2.07. The third kappa shape index (κ3) is 2.07. The van der Waals surface area contributed by atoms with Crippen molar-refractivity contribution in [2.24, 2.45) is 0 Å². The van der Waals surface area contributed by atoms with Gasteiger partial charge in [-0.15, -0.1) is 0 Å². The van der Waals surface area contributed by atoms with Crippen molar-refractivity contribution in [1.82, 2.24) is 9.78 Å². The van der Waals surface area contributed by atoms with Crippen LogP contribution in [0.1, 0.15) is 5.69 Å². The Hall–Kier alpha value is -1.23. The maximum Gasteiger partial charge on any atom is 0.149 e. The SMILES string of the molecule is Fc1ccc(F)c(-n2ccc(CBr)n2)c1. The predicted molar refractivity (Wildman–Crippen MR) is 56.1 cm³/mol. The molecule has 15 heavy (non-hydrogen) atoms. The molecule has 2 aromatic rings. The molecule has 2 nitrogen and oxygen atoms in total. The van der Waals surface area contributed by atoms with Crippen LogP contribution in [0.3, 0.4) is 0 Å². The lowest BCUT2D eigenvalue weighted by Crippen LogP contribution is -1.99. The first-order valence-corrected chi connectivity index (χ1v) is 5.39. The predicted octanol–water partition coefficient (Wildman–Crippen LogP) is 3.05. The number of alkyl halides is 1. The third-order valence-corrected chi connectivity index (χ3v) is 2.51. The van der Waals surface area contributed by atoms with Gasteiger partial charge in [0.2, 0.25) is 0 Å². The third-order valence-electron chi connectivity index (χ3n) is 1.94. The number of rotatable bonds is 2. The molecule has 1 aromatic carbocycles. The zero-order valence-electron chi connectivity index (χ0n) is 7.62. The minimum atomic E-state index is -0.499. The molecule has 0 radical (unpaired) electrons. The fraction of sp³-hybridized carbons (Fsp3) is 0.100. The molecule has 0 spiro atoms. The van der Waals surface area contributed by atoms with E-state index in [0.29, 0.717) is 5.33 Å². The molecule has 0 fully saturated rings. The van der Waals surface area contributed by atoms with Crippen LogP contribution < -0.4 is 0 Å². The van der Waals surface area contributed by atoms with Gasteiger partial charge in [-0.1, -0.05) is 15.9 Å². The van der Waals surface area contributed by atoms with Gasteiger partial charge in [-0.2, -0.15) is 5.10 Å². The van der Waals surface area contributed by atoms with Gasteiger partial charge >= 0.3 is 0 Å². The summed E-state index contributed by atoms with van der Waals surface area (Å²) in [4.78, 5) is 0. The molecule has 2 rings (SSSR count). The van der Waals surface area contributed by atoms with Crippen LogP contribution in [0.25, 0.3) is 5.69 Å². The summed E-state index contributed by atoms with van der Waals surface area (Å²) in [5, 5.41) is 4.64. The van der Waals surface area contributed by atoms with Gasteiger partial charge in [0.25, 0.3) is 0 Å². The number of aromatic nitrogens is 2. The molecule has 0 N–H and O–H groups in total. The molecular formula is C10H7BrF2N2. The van der Waals surface area contributed by atoms with E-state index in [4.69, 9.17) is 0 Å². The maximum atomic E-state index is 13.3. The standard InChI is InChI=1S/C10H7BrF2N2/c11-6-8-3-4-15(14-8)10-5-7(12)1-2-9(10)13/h1-5H,6H2. The Morgan fingerprint density at radius 2 is 2.07 bits per heavy atom. The molecule has 78 valence electrons. The summed E-state index contributed by atoms with van der Waals surface area (Å²) in [7, 11) is 0. The molecule has 0 aliphatic rings. The van der Waals surface area contributed by atoms with E-state index in [9.17, 15) is 8.78 Å². The average Bonchev–Trinajstić information content (AvgIpc) is 2.70. The first kappa shape index (κ1) is 10.3. The minimum Gasteiger partial charge on any atom is -0.238 e. The van der Waals surface area contributed by atoms with Crippen molar-refractivity contribution in [3.63, 3.8) is 0 Å². The zero-order chi connectivity index (χ0) is 10.8. The Balaban J connectivity index is 2.48. The quantitative estimate of drug-likeness (QED) is 0.769. The van der Waals surface area contributed by atoms with Gasteiger partial charge in [-0.05, 0) is 18.2 Å². The van der Waals surface area contributed by atoms with Crippen LogP contribution in [-0.2, 0) is 5.33 Å². The molecule has 5 heteroatoms. The van der Waals surface area contributed by atoms with Gasteiger partial charge in [0.15, 0.2) is 0 Å². The van der Waals surface area contributed by atoms with E-state index in [1.807, 2.05) is 0 Å². The van der Waals surface area contributed by atoms with Gasteiger partial charge in [0, 0.05) is 17.6 Å². The zero-order valence-corrected chi connectivity index (χ0v) is 9.21. The van der Waals surface area contributed by atoms with E-state index in [-0.39, 0.29) is 5.69 Å². The highest BCUT2D eigenvalue weighted by molar-refractivity contribution is 9.08. The lowest BCUT2D eigenvalue weighted by molar-refractivity contribution is 0.586. The summed E-state index contributed by atoms with van der Waals surface area (Å²) >= 11 is 3.23. The lowest BCUT2D eigenvalue weighted by atomic mass is 10.3. The molecule has 0 unspecified atom stereocenters. The van der Waals surface area contributed by atoms with Crippen LogP contribution in [0.4, 0.5) is 8.78 Å². The smallest absolute Gasteiger partial charge is 0.149 e. The summed E-state index contributed by atoms with van der Waals surface area (Å²) in [6.45, 7) is 0. The molecule has 0 aliphatic heterocycles. The molecule has 1 aromatic heterocycles. The number of nitrogens with zero attached hydrogens (tertiary/aromatic N) is 2. The topological polar surface area (TPSA) is 17.8 Å². The molecule has 1 heterocycles. The normalized spacial score (nSPS) is 10.6. The Morgan fingerprint density at radius 3 is 2.73 bits per heavy atom. The first-order chi connectivity index (χ1) is 7.20. The van der Waals surface area contributed by atoms with Crippen molar-refractivity contribution >= 4 is 15.9 Å². The van der Waals surface area contributed by atoms with Crippen molar-refractivity contribution in [3.8, 4) is 5.69 Å². The van der Waals surface area contributed by atoms with E-state index in [0.717, 1.165) is 23.9 Å². The number of hydrogen-bond donors (Lipinski definition) is 0. The van der Waals surface area contributed by atoms with Crippen molar-refractivity contribution in [3.05, 3.63) is 47.8 Å². The van der Waals surface area contributed by atoms with Crippen LogP contribution in [0, 0.1) is 11.6 Å². The van der Waals surface area contributed by atoms with Crippen molar-refractivity contribution in [2.45, 2.75) is 5.33 Å². The van der Waals surface area contributed by atoms with E-state index in [1.54, 1.807) is 12.3 Å². The molecular weight excluding hydrogens is 266 g/mol. The highest BCUT2D eigenvalue weighted by Crippen LogP contribution is 2.15. The van der Waals surface area contributed by atoms with Crippen LogP contribution in [0.2, 0.25) is 0 Å². The van der Waals surface area contributed by atoms with E-state index < -0.39 is 11.6 Å². The number of benzene rings is 1. The van der Waals surface area contributed by atoms with Crippen LogP contribution in [0.5, 0.6) is 0 Å². The molecule has 0 saturated heterocycles. The summed E-state index contributed by atoms with van der Waals surface area (Å²) < 4.78 is 27.5. The molecule has 0 amide bonds. The lowest BCUT2D eigenvalue weighted by Gasteiger charge is -2.02. The van der Waals surface area contributed by atoms with E-state index >= 15 is 0 Å². The van der Waals surface area contributed by atoms with Crippen molar-refractivity contribution in [1.29, 1.82) is 0 Å². The second kappa shape index (κ2) is 4.10. The van der Waals surface area contributed by atoms with Crippen molar-refractivity contribution < 1.29 is 8.78 Å². The second-order valence-electron chi connectivity index (χ2n) is 2.98. The Morgan fingerprint density at radius 1 is 1.27 bits per heavy atom. The van der Waals surface area contributed by atoms with Gasteiger partial charge in [-0.3, -0.25) is 0 Å². The van der Waals surface area contributed by atoms with E-state index in [2.05, 4.69) is 21.0 Å². The molecule has 0 aliphatic carbocycles. The van der Waals surface area contributed by atoms with Crippen LogP contribution >= 0.6 is 15.9 Å². The average molecular weight is 273 g/mol. The van der Waals surface area contributed by atoms with Crippen LogP contribution in [0.15, 0.2) is 30.5 Å². The monoisotopic (exact) mass is 272 g/mol. The summed E-state index contributed by atoms with van der Waals surface area (Å²) in [6, 6.07) is 5.01. The fourth-order valence-corrected chi connectivity index (χ4v) is 1.53. The Labute approximate surface area is 93.7 Å². The number of halogens is 3. The van der Waals surface area contributed by atoms with Crippen molar-refractivity contribution in [2.75, 3.05) is 0 Å². The van der Waals surface area contributed by atoms with Gasteiger partial charge < -0.3 is 0 Å². The summed E-state index contributed by atoms with van der Waals surface area (Å²) in [5.74, 6) is -0.983. The first-order valence-electron chi connectivity index (χ1n) is 4.26. The maximum absolute atomic E-state index is 13.3. The highest BCUT2D eigenvalue weighted by atomic mass is 79.9. The van der Waals surface area contributed by atoms with E-state index in [1.165, 1.54) is 4.68 Å². The van der Waals surface area contributed by atoms with Crippen LogP contribution in [-0.4, -0.2) is 9.78 Å². The second-order valence-corrected chi connectivity index (χ2v) is 3.54. The molecule has 0 saturated carbocycles. The fourth-order valence-electron chi connectivity index (χ4n) is 1.23. The van der Waals surface area contributed by atoms with Gasteiger partial charge in [0.1, 0.15) is 17.3 Å². The number of hydrogen-bond acceptors (Lipinski definition) is 1. The van der Waals surface area contributed by atoms with Gasteiger partial charge in [-0.25, -0.2) is 13.5 Å². The Bertz CT molecular complexity index is 482. The van der Waals surface area contributed by atoms with Gasteiger partial charge in [0.05, 0.1) is 5.69 Å². The largest absolute Gasteiger partial charge is 0.238 e.